The number of nitrogens with zero attached hydrogens (tertiary/aromatic N) is 6. The quantitative estimate of drug-likeness (QED) is 0.477. The third-order valence-corrected chi connectivity index (χ3v) is 6.26. The van der Waals surface area contributed by atoms with Crippen LogP contribution in [-0.4, -0.2) is 54.0 Å². The fraction of sp³-hybridized carbons (Fsp3) is 0.318. The smallest absolute Gasteiger partial charge is 0.271 e. The predicted octanol–water partition coefficient (Wildman–Crippen LogP) is 2.67. The van der Waals surface area contributed by atoms with Gasteiger partial charge in [0.05, 0.1) is 30.1 Å². The molecule has 0 aromatic carbocycles. The first-order chi connectivity index (χ1) is 16.4. The molecular formula is C22H19F3N8O. The summed E-state index contributed by atoms with van der Waals surface area (Å²) in [5, 5.41) is 7.12. The number of carbonyl (C=O) groups excluding carboxylic acids is 1. The molecule has 6 rings (SSSR count). The number of hydrogen-bond acceptors (Lipinski definition) is 6. The number of anilines is 1. The van der Waals surface area contributed by atoms with Gasteiger partial charge in [0.25, 0.3) is 11.8 Å². The Bertz CT molecular complexity index is 1370. The fourth-order valence-corrected chi connectivity index (χ4v) is 4.57. The van der Waals surface area contributed by atoms with Gasteiger partial charge in [-0.2, -0.15) is 5.10 Å². The first kappa shape index (κ1) is 20.6. The van der Waals surface area contributed by atoms with Gasteiger partial charge in [0.2, 0.25) is 0 Å². The lowest BCUT2D eigenvalue weighted by Crippen LogP contribution is -2.50. The maximum absolute atomic E-state index is 14.3. The van der Waals surface area contributed by atoms with E-state index in [1.54, 1.807) is 24.7 Å². The number of hydrogen-bond donors (Lipinski definition) is 2. The molecule has 0 bridgehead atoms. The molecule has 2 aliphatic rings. The van der Waals surface area contributed by atoms with Gasteiger partial charge in [0, 0.05) is 43.7 Å². The van der Waals surface area contributed by atoms with Gasteiger partial charge in [-0.1, -0.05) is 0 Å². The highest BCUT2D eigenvalue weighted by atomic mass is 19.3. The average Bonchev–Trinajstić information content (AvgIpc) is 3.45. The number of aromatic amines is 1. The Hall–Kier alpha value is -3.96. The van der Waals surface area contributed by atoms with Crippen molar-refractivity contribution in [2.24, 2.45) is 0 Å². The lowest BCUT2D eigenvalue weighted by molar-refractivity contribution is -0.0901. The number of fused-ring (bicyclic) bond motifs is 2. The van der Waals surface area contributed by atoms with Crippen LogP contribution in [-0.2, 0) is 6.42 Å². The van der Waals surface area contributed by atoms with Crippen LogP contribution in [0.3, 0.4) is 0 Å². The minimum Gasteiger partial charge on any atom is -0.348 e. The van der Waals surface area contributed by atoms with E-state index in [4.69, 9.17) is 0 Å². The van der Waals surface area contributed by atoms with Crippen LogP contribution in [0.15, 0.2) is 43.1 Å². The number of carbonyl (C=O) groups is 1. The van der Waals surface area contributed by atoms with Crippen LogP contribution in [0.4, 0.5) is 19.0 Å². The van der Waals surface area contributed by atoms with Crippen molar-refractivity contribution in [2.45, 2.75) is 37.3 Å². The summed E-state index contributed by atoms with van der Waals surface area (Å²) in [4.78, 5) is 30.6. The van der Waals surface area contributed by atoms with Crippen LogP contribution in [0.2, 0.25) is 0 Å². The van der Waals surface area contributed by atoms with Crippen molar-refractivity contribution in [2.75, 3.05) is 11.4 Å². The van der Waals surface area contributed by atoms with E-state index in [0.717, 1.165) is 11.4 Å². The molecule has 1 fully saturated rings. The summed E-state index contributed by atoms with van der Waals surface area (Å²) in [5.74, 6) is -3.16. The molecule has 4 aromatic heterocycles. The average molecular weight is 468 g/mol. The summed E-state index contributed by atoms with van der Waals surface area (Å²) in [5.41, 5.74) is 2.69. The summed E-state index contributed by atoms with van der Waals surface area (Å²) in [6.45, 7) is 0.563. The Morgan fingerprint density at radius 1 is 1.21 bits per heavy atom. The van der Waals surface area contributed by atoms with Crippen molar-refractivity contribution in [1.82, 2.24) is 34.9 Å². The highest BCUT2D eigenvalue weighted by Crippen LogP contribution is 2.38. The van der Waals surface area contributed by atoms with Crippen molar-refractivity contribution in [3.05, 3.63) is 71.7 Å². The molecular weight excluding hydrogens is 449 g/mol. The van der Waals surface area contributed by atoms with Crippen LogP contribution in [0.5, 0.6) is 0 Å². The molecule has 2 N–H and O–H groups in total. The number of halogens is 3. The molecule has 174 valence electrons. The molecule has 0 radical (unpaired) electrons. The highest BCUT2D eigenvalue weighted by molar-refractivity contribution is 5.92. The normalized spacial score (nSPS) is 19.6. The van der Waals surface area contributed by atoms with E-state index in [2.05, 4.69) is 30.4 Å². The van der Waals surface area contributed by atoms with Crippen LogP contribution >= 0.6 is 0 Å². The number of pyridine rings is 1. The van der Waals surface area contributed by atoms with Crippen LogP contribution in [0, 0.1) is 5.82 Å². The van der Waals surface area contributed by atoms with E-state index < -0.39 is 23.9 Å². The Kier molecular flexibility index (Phi) is 4.57. The third-order valence-electron chi connectivity index (χ3n) is 6.26. The van der Waals surface area contributed by atoms with E-state index in [9.17, 15) is 18.0 Å². The SMILES string of the molecule is O=C(NC1CC(F)(F)C1)c1cnc(N2CCc3[nH]cnc3[C@H]2c2cc3c(F)cccn3n2)cn1. The summed E-state index contributed by atoms with van der Waals surface area (Å²) in [6.07, 6.45) is 6.00. The Labute approximate surface area is 191 Å². The summed E-state index contributed by atoms with van der Waals surface area (Å²) in [6, 6.07) is 3.63. The summed E-state index contributed by atoms with van der Waals surface area (Å²) in [7, 11) is 0. The predicted molar refractivity (Wildman–Crippen MR) is 114 cm³/mol. The second-order valence-corrected chi connectivity index (χ2v) is 8.56. The monoisotopic (exact) mass is 468 g/mol. The first-order valence-corrected chi connectivity index (χ1v) is 10.8. The number of imidazole rings is 1. The van der Waals surface area contributed by atoms with Gasteiger partial charge in [-0.05, 0) is 18.2 Å². The zero-order valence-corrected chi connectivity index (χ0v) is 17.8. The molecule has 9 nitrogen and oxygen atoms in total. The van der Waals surface area contributed by atoms with E-state index in [0.29, 0.717) is 30.0 Å². The van der Waals surface area contributed by atoms with Crippen molar-refractivity contribution in [3.63, 3.8) is 0 Å². The summed E-state index contributed by atoms with van der Waals surface area (Å²) < 4.78 is 41.8. The molecule has 1 aliphatic heterocycles. The van der Waals surface area contributed by atoms with Gasteiger partial charge in [-0.25, -0.2) is 32.6 Å². The van der Waals surface area contributed by atoms with Gasteiger partial charge in [0.15, 0.2) is 0 Å². The minimum atomic E-state index is -2.72. The van der Waals surface area contributed by atoms with Crippen LogP contribution < -0.4 is 10.2 Å². The Balaban J connectivity index is 1.30. The largest absolute Gasteiger partial charge is 0.348 e. The summed E-state index contributed by atoms with van der Waals surface area (Å²) >= 11 is 0. The van der Waals surface area contributed by atoms with Gasteiger partial charge in [-0.15, -0.1) is 0 Å². The fourth-order valence-electron chi connectivity index (χ4n) is 4.57. The molecule has 0 unspecified atom stereocenters. The highest BCUT2D eigenvalue weighted by Gasteiger charge is 2.46. The van der Waals surface area contributed by atoms with E-state index >= 15 is 0 Å². The number of rotatable bonds is 4. The maximum Gasteiger partial charge on any atom is 0.271 e. The lowest BCUT2D eigenvalue weighted by atomic mass is 9.88. The molecule has 0 spiro atoms. The molecule has 4 aromatic rings. The zero-order chi connectivity index (χ0) is 23.4. The van der Waals surface area contributed by atoms with Gasteiger partial charge < -0.3 is 15.2 Å². The molecule has 1 amide bonds. The molecule has 34 heavy (non-hydrogen) atoms. The topological polar surface area (TPSA) is 104 Å². The second-order valence-electron chi connectivity index (χ2n) is 8.56. The Morgan fingerprint density at radius 3 is 2.79 bits per heavy atom. The Morgan fingerprint density at radius 2 is 2.06 bits per heavy atom. The molecule has 1 saturated carbocycles. The molecule has 1 atom stereocenters. The molecule has 12 heteroatoms. The van der Waals surface area contributed by atoms with Gasteiger partial charge >= 0.3 is 0 Å². The zero-order valence-electron chi connectivity index (χ0n) is 17.8. The van der Waals surface area contributed by atoms with Crippen LogP contribution in [0.1, 0.15) is 46.5 Å². The van der Waals surface area contributed by atoms with Gasteiger partial charge in [-0.3, -0.25) is 4.79 Å². The van der Waals surface area contributed by atoms with Crippen molar-refractivity contribution in [1.29, 1.82) is 0 Å². The minimum absolute atomic E-state index is 0.0442. The number of aromatic nitrogens is 6. The number of amides is 1. The lowest BCUT2D eigenvalue weighted by Gasteiger charge is -2.35. The van der Waals surface area contributed by atoms with E-state index in [1.165, 1.54) is 23.0 Å². The standard InChI is InChI=1S/C22H19F3N8O/c23-13-2-1-4-33-17(13)6-15(31-33)20-19-14(28-11-29-19)3-5-32(20)18-10-26-16(9-27-18)21(34)30-12-7-22(24,25)8-12/h1-2,4,6,9-12,20H,3,5,7-8H2,(H,28,29)(H,30,34)/t20-/m1/s1. The number of alkyl halides is 2. The molecule has 0 saturated heterocycles. The van der Waals surface area contributed by atoms with E-state index in [-0.39, 0.29) is 24.4 Å². The van der Waals surface area contributed by atoms with Crippen molar-refractivity contribution < 1.29 is 18.0 Å². The van der Waals surface area contributed by atoms with Crippen molar-refractivity contribution >= 4 is 17.2 Å². The second kappa shape index (κ2) is 7.54. The maximum atomic E-state index is 14.3. The third kappa shape index (κ3) is 3.45. The first-order valence-electron chi connectivity index (χ1n) is 10.8. The van der Waals surface area contributed by atoms with Crippen LogP contribution in [0.25, 0.3) is 5.52 Å². The van der Waals surface area contributed by atoms with E-state index in [1.807, 2.05) is 4.90 Å². The molecule has 5 heterocycles. The molecule has 1 aliphatic carbocycles. The number of H-pyrrole nitrogens is 1. The van der Waals surface area contributed by atoms with Crippen molar-refractivity contribution in [3.8, 4) is 0 Å². The van der Waals surface area contributed by atoms with Gasteiger partial charge in [0.1, 0.15) is 28.9 Å². The number of nitrogens with one attached hydrogen (secondary N) is 2.